The van der Waals surface area contributed by atoms with Gasteiger partial charge < -0.3 is 10.1 Å². The van der Waals surface area contributed by atoms with Gasteiger partial charge in [0, 0.05) is 6.54 Å². The van der Waals surface area contributed by atoms with E-state index >= 15 is 0 Å². The van der Waals surface area contributed by atoms with Crippen LogP contribution in [0.2, 0.25) is 0 Å². The van der Waals surface area contributed by atoms with E-state index in [1.807, 2.05) is 6.07 Å². The van der Waals surface area contributed by atoms with Gasteiger partial charge in [0.25, 0.3) is 0 Å². The van der Waals surface area contributed by atoms with Crippen molar-refractivity contribution in [3.8, 4) is 0 Å². The van der Waals surface area contributed by atoms with Crippen molar-refractivity contribution in [2.75, 3.05) is 13.2 Å². The van der Waals surface area contributed by atoms with Crippen molar-refractivity contribution in [2.24, 2.45) is 0 Å². The number of hydrogen-bond donors (Lipinski definition) is 1. The minimum atomic E-state index is 0.226. The first kappa shape index (κ1) is 10.7. The standard InChI is InChI=1S/C13H19NO/c1-2-13(11-15-13)8-9-14-10-12-6-4-3-5-7-12/h3-7,14H,2,8-11H2,1H3. The normalized spacial score (nSPS) is 24.1. The molecule has 0 spiro atoms. The molecule has 0 bridgehead atoms. The maximum absolute atomic E-state index is 5.46. The smallest absolute Gasteiger partial charge is 0.0926 e. The minimum Gasteiger partial charge on any atom is -0.370 e. The third-order valence-electron chi connectivity index (χ3n) is 3.13. The van der Waals surface area contributed by atoms with Crippen LogP contribution in [0.3, 0.4) is 0 Å². The van der Waals surface area contributed by atoms with Crippen molar-refractivity contribution in [1.82, 2.24) is 5.32 Å². The second kappa shape index (κ2) is 4.77. The second-order valence-corrected chi connectivity index (χ2v) is 4.24. The van der Waals surface area contributed by atoms with Gasteiger partial charge in [0.2, 0.25) is 0 Å². The zero-order valence-electron chi connectivity index (χ0n) is 9.33. The Morgan fingerprint density at radius 1 is 1.33 bits per heavy atom. The maximum atomic E-state index is 5.46. The zero-order valence-corrected chi connectivity index (χ0v) is 9.33. The van der Waals surface area contributed by atoms with Crippen LogP contribution >= 0.6 is 0 Å². The van der Waals surface area contributed by atoms with E-state index in [0.29, 0.717) is 0 Å². The molecule has 2 heteroatoms. The van der Waals surface area contributed by atoms with Gasteiger partial charge in [-0.3, -0.25) is 0 Å². The van der Waals surface area contributed by atoms with Gasteiger partial charge in [-0.05, 0) is 24.9 Å². The van der Waals surface area contributed by atoms with Crippen LogP contribution in [0, 0.1) is 0 Å². The van der Waals surface area contributed by atoms with Gasteiger partial charge in [0.15, 0.2) is 0 Å². The highest BCUT2D eigenvalue weighted by atomic mass is 16.6. The molecule has 2 rings (SSSR count). The molecule has 1 aliphatic heterocycles. The molecule has 0 radical (unpaired) electrons. The molecule has 0 amide bonds. The Balaban J connectivity index is 1.63. The molecule has 1 aromatic rings. The fourth-order valence-corrected chi connectivity index (χ4v) is 1.77. The van der Waals surface area contributed by atoms with E-state index < -0.39 is 0 Å². The van der Waals surface area contributed by atoms with E-state index in [1.54, 1.807) is 0 Å². The summed E-state index contributed by atoms with van der Waals surface area (Å²) in [5.74, 6) is 0. The third kappa shape index (κ3) is 3.05. The van der Waals surface area contributed by atoms with Crippen LogP contribution < -0.4 is 5.32 Å². The van der Waals surface area contributed by atoms with Crippen molar-refractivity contribution < 1.29 is 4.74 Å². The molecule has 0 aromatic heterocycles. The van der Waals surface area contributed by atoms with Crippen LogP contribution in [0.4, 0.5) is 0 Å². The molecule has 2 nitrogen and oxygen atoms in total. The Labute approximate surface area is 91.6 Å². The predicted molar refractivity (Wildman–Crippen MR) is 61.7 cm³/mol. The maximum Gasteiger partial charge on any atom is 0.0926 e. The number of hydrogen-bond acceptors (Lipinski definition) is 2. The van der Waals surface area contributed by atoms with Crippen molar-refractivity contribution in [2.45, 2.75) is 31.9 Å². The predicted octanol–water partition coefficient (Wildman–Crippen LogP) is 2.35. The van der Waals surface area contributed by atoms with Crippen molar-refractivity contribution in [3.63, 3.8) is 0 Å². The Morgan fingerprint density at radius 3 is 2.67 bits per heavy atom. The molecule has 1 fully saturated rings. The average Bonchev–Trinajstić information content (AvgIpc) is 3.07. The van der Waals surface area contributed by atoms with Crippen LogP contribution in [-0.4, -0.2) is 18.8 Å². The molecule has 1 aromatic carbocycles. The highest BCUT2D eigenvalue weighted by Crippen LogP contribution is 2.33. The van der Waals surface area contributed by atoms with E-state index in [9.17, 15) is 0 Å². The quantitative estimate of drug-likeness (QED) is 0.569. The summed E-state index contributed by atoms with van der Waals surface area (Å²) in [6, 6.07) is 10.5. The number of benzene rings is 1. The monoisotopic (exact) mass is 205 g/mol. The first-order valence-corrected chi connectivity index (χ1v) is 5.73. The van der Waals surface area contributed by atoms with Gasteiger partial charge in [-0.25, -0.2) is 0 Å². The summed E-state index contributed by atoms with van der Waals surface area (Å²) >= 11 is 0. The second-order valence-electron chi connectivity index (χ2n) is 4.24. The van der Waals surface area contributed by atoms with Crippen LogP contribution in [0.1, 0.15) is 25.3 Å². The van der Waals surface area contributed by atoms with E-state index in [-0.39, 0.29) is 5.60 Å². The fourth-order valence-electron chi connectivity index (χ4n) is 1.77. The number of nitrogens with one attached hydrogen (secondary N) is 1. The van der Waals surface area contributed by atoms with Gasteiger partial charge in [0.1, 0.15) is 0 Å². The van der Waals surface area contributed by atoms with Crippen LogP contribution in [0.15, 0.2) is 30.3 Å². The lowest BCUT2D eigenvalue weighted by molar-refractivity contribution is 0.278. The summed E-state index contributed by atoms with van der Waals surface area (Å²) < 4.78 is 5.46. The molecule has 82 valence electrons. The van der Waals surface area contributed by atoms with Crippen LogP contribution in [0.5, 0.6) is 0 Å². The molecule has 1 atom stereocenters. The van der Waals surface area contributed by atoms with Gasteiger partial charge in [0.05, 0.1) is 12.2 Å². The van der Waals surface area contributed by atoms with Crippen LogP contribution in [-0.2, 0) is 11.3 Å². The molecule has 0 aliphatic carbocycles. The molecular weight excluding hydrogens is 186 g/mol. The number of ether oxygens (including phenoxy) is 1. The lowest BCUT2D eigenvalue weighted by Crippen LogP contribution is -2.21. The molecule has 1 unspecified atom stereocenters. The summed E-state index contributed by atoms with van der Waals surface area (Å²) in [5.41, 5.74) is 1.57. The van der Waals surface area contributed by atoms with E-state index in [4.69, 9.17) is 4.74 Å². The topological polar surface area (TPSA) is 24.6 Å². The highest BCUT2D eigenvalue weighted by molar-refractivity contribution is 5.14. The molecule has 1 aliphatic rings. The van der Waals surface area contributed by atoms with E-state index in [2.05, 4.69) is 36.5 Å². The Bertz CT molecular complexity index is 293. The molecule has 15 heavy (non-hydrogen) atoms. The Morgan fingerprint density at radius 2 is 2.07 bits per heavy atom. The first-order valence-electron chi connectivity index (χ1n) is 5.73. The van der Waals surface area contributed by atoms with Gasteiger partial charge in [-0.1, -0.05) is 37.3 Å². The fraction of sp³-hybridized carbons (Fsp3) is 0.538. The molecule has 0 saturated carbocycles. The third-order valence-corrected chi connectivity index (χ3v) is 3.13. The van der Waals surface area contributed by atoms with E-state index in [1.165, 1.54) is 5.56 Å². The number of epoxide rings is 1. The SMILES string of the molecule is CCC1(CCNCc2ccccc2)CO1. The van der Waals surface area contributed by atoms with Crippen molar-refractivity contribution >= 4 is 0 Å². The summed E-state index contributed by atoms with van der Waals surface area (Å²) in [7, 11) is 0. The molecule has 1 N–H and O–H groups in total. The molecular formula is C13H19NO. The Hall–Kier alpha value is -0.860. The lowest BCUT2D eigenvalue weighted by Gasteiger charge is -2.09. The average molecular weight is 205 g/mol. The van der Waals surface area contributed by atoms with Gasteiger partial charge >= 0.3 is 0 Å². The van der Waals surface area contributed by atoms with Crippen LogP contribution in [0.25, 0.3) is 0 Å². The molecule has 1 heterocycles. The van der Waals surface area contributed by atoms with E-state index in [0.717, 1.165) is 32.5 Å². The summed E-state index contributed by atoms with van der Waals surface area (Å²) in [6.45, 7) is 5.16. The number of rotatable bonds is 6. The minimum absolute atomic E-state index is 0.226. The summed E-state index contributed by atoms with van der Waals surface area (Å²) in [5, 5.41) is 3.45. The van der Waals surface area contributed by atoms with Gasteiger partial charge in [-0.2, -0.15) is 0 Å². The lowest BCUT2D eigenvalue weighted by atomic mass is 10.0. The Kier molecular flexibility index (Phi) is 3.39. The largest absolute Gasteiger partial charge is 0.370 e. The van der Waals surface area contributed by atoms with Crippen molar-refractivity contribution in [3.05, 3.63) is 35.9 Å². The summed E-state index contributed by atoms with van der Waals surface area (Å²) in [4.78, 5) is 0. The highest BCUT2D eigenvalue weighted by Gasteiger charge is 2.41. The van der Waals surface area contributed by atoms with Crippen molar-refractivity contribution in [1.29, 1.82) is 0 Å². The van der Waals surface area contributed by atoms with Gasteiger partial charge in [-0.15, -0.1) is 0 Å². The summed E-state index contributed by atoms with van der Waals surface area (Å²) in [6.07, 6.45) is 2.27. The molecule has 1 saturated heterocycles. The first-order chi connectivity index (χ1) is 7.35. The zero-order chi connectivity index (χ0) is 10.6.